The van der Waals surface area contributed by atoms with Crippen LogP contribution in [0.1, 0.15) is 66.5 Å². The summed E-state index contributed by atoms with van der Waals surface area (Å²) >= 11 is 0. The predicted octanol–water partition coefficient (Wildman–Crippen LogP) is 7.49. The second-order valence-electron chi connectivity index (χ2n) is 10.0. The van der Waals surface area contributed by atoms with Gasteiger partial charge in [0, 0.05) is 0 Å². The van der Waals surface area contributed by atoms with E-state index in [1.807, 2.05) is 0 Å². The summed E-state index contributed by atoms with van der Waals surface area (Å²) in [5.74, 6) is 0. The summed E-state index contributed by atoms with van der Waals surface area (Å²) in [6, 6.07) is 21.6. The van der Waals surface area contributed by atoms with Gasteiger partial charge in [0.2, 0.25) is 8.32 Å². The van der Waals surface area contributed by atoms with Crippen LogP contribution in [0.5, 0.6) is 0 Å². The van der Waals surface area contributed by atoms with Gasteiger partial charge in [-0.1, -0.05) is 102 Å². The van der Waals surface area contributed by atoms with Crippen LogP contribution in [-0.4, -0.2) is 8.32 Å². The molecule has 1 aliphatic rings. The van der Waals surface area contributed by atoms with Crippen molar-refractivity contribution in [3.05, 3.63) is 77.0 Å². The lowest BCUT2D eigenvalue weighted by Gasteiger charge is -2.50. The first-order chi connectivity index (χ1) is 12.5. The topological polar surface area (TPSA) is 9.23 Å². The Labute approximate surface area is 166 Å². The molecule has 0 saturated heterocycles. The molecule has 0 amide bonds. The van der Waals surface area contributed by atoms with Crippen LogP contribution in [0, 0.1) is 0 Å². The first-order valence-electron chi connectivity index (χ1n) is 9.98. The molecule has 0 fully saturated rings. The normalized spacial score (nSPS) is 23.0. The Hall–Kier alpha value is -1.64. The zero-order valence-corrected chi connectivity index (χ0v) is 19.2. The van der Waals surface area contributed by atoms with Gasteiger partial charge in [0.1, 0.15) is 5.60 Å². The molecule has 0 spiro atoms. The zero-order chi connectivity index (χ0) is 20.1. The third-order valence-electron chi connectivity index (χ3n) is 6.24. The third kappa shape index (κ3) is 2.94. The Morgan fingerprint density at radius 2 is 1.19 bits per heavy atom. The van der Waals surface area contributed by atoms with E-state index in [9.17, 15) is 0 Å². The molecule has 3 rings (SSSR count). The van der Waals surface area contributed by atoms with E-state index in [4.69, 9.17) is 4.43 Å². The molecule has 1 atom stereocenters. The van der Waals surface area contributed by atoms with Crippen LogP contribution in [0.2, 0.25) is 10.1 Å². The number of benzene rings is 2. The van der Waals surface area contributed by atoms with Crippen molar-refractivity contribution < 1.29 is 4.43 Å². The number of hydrogen-bond donors (Lipinski definition) is 0. The fraction of sp³-hybridized carbons (Fsp3) is 0.440. The standard InChI is InChI=1S/C25H34OSi/c1-19-22(20-15-11-9-12-16-20)25(8,21-17-13-10-14-18-21)26-27(19,23(2,3)4)24(5,6)7/h9-18H,1-8H3. The summed E-state index contributed by atoms with van der Waals surface area (Å²) in [7, 11) is -2.32. The van der Waals surface area contributed by atoms with Crippen molar-refractivity contribution in [3.8, 4) is 0 Å². The molecule has 0 radical (unpaired) electrons. The summed E-state index contributed by atoms with van der Waals surface area (Å²) in [6.45, 7) is 18.8. The highest BCUT2D eigenvalue weighted by atomic mass is 28.4. The molecule has 1 unspecified atom stereocenters. The molecule has 1 heterocycles. The van der Waals surface area contributed by atoms with Crippen LogP contribution in [0.15, 0.2) is 65.9 Å². The van der Waals surface area contributed by atoms with E-state index in [0.717, 1.165) is 0 Å². The highest BCUT2D eigenvalue weighted by molar-refractivity contribution is 6.87. The molecule has 144 valence electrons. The minimum atomic E-state index is -2.32. The van der Waals surface area contributed by atoms with Crippen molar-refractivity contribution in [1.82, 2.24) is 0 Å². The van der Waals surface area contributed by atoms with E-state index in [-0.39, 0.29) is 10.1 Å². The van der Waals surface area contributed by atoms with Crippen LogP contribution < -0.4 is 0 Å². The van der Waals surface area contributed by atoms with E-state index in [2.05, 4.69) is 116 Å². The average molecular weight is 379 g/mol. The Kier molecular flexibility index (Phi) is 4.81. The summed E-state index contributed by atoms with van der Waals surface area (Å²) in [5, 5.41) is 1.66. The van der Waals surface area contributed by atoms with Gasteiger partial charge in [-0.3, -0.25) is 0 Å². The van der Waals surface area contributed by atoms with Crippen molar-refractivity contribution >= 4 is 13.9 Å². The largest absolute Gasteiger partial charge is 0.398 e. The first-order valence-corrected chi connectivity index (χ1v) is 11.9. The van der Waals surface area contributed by atoms with E-state index >= 15 is 0 Å². The first kappa shape index (κ1) is 20.1. The van der Waals surface area contributed by atoms with Crippen LogP contribution in [0.4, 0.5) is 0 Å². The quantitative estimate of drug-likeness (QED) is 0.492. The van der Waals surface area contributed by atoms with Crippen LogP contribution in [0.3, 0.4) is 0 Å². The van der Waals surface area contributed by atoms with Crippen LogP contribution >= 0.6 is 0 Å². The number of hydrogen-bond acceptors (Lipinski definition) is 1. The maximum absolute atomic E-state index is 7.40. The van der Waals surface area contributed by atoms with Gasteiger partial charge in [-0.25, -0.2) is 0 Å². The fourth-order valence-electron chi connectivity index (χ4n) is 5.58. The van der Waals surface area contributed by atoms with Gasteiger partial charge in [0.25, 0.3) is 0 Å². The Morgan fingerprint density at radius 3 is 1.63 bits per heavy atom. The van der Waals surface area contributed by atoms with Crippen molar-refractivity contribution in [1.29, 1.82) is 0 Å². The van der Waals surface area contributed by atoms with Gasteiger partial charge in [-0.05, 0) is 45.8 Å². The number of rotatable bonds is 2. The van der Waals surface area contributed by atoms with Crippen molar-refractivity contribution in [2.75, 3.05) is 0 Å². The molecule has 27 heavy (non-hydrogen) atoms. The molecule has 1 nitrogen and oxygen atoms in total. The SMILES string of the molecule is CC1=C(c2ccccc2)C(C)(c2ccccc2)O[Si]1(C(C)(C)C)C(C)(C)C. The van der Waals surface area contributed by atoms with Gasteiger partial charge in [-0.15, -0.1) is 0 Å². The molecule has 0 N–H and O–H groups in total. The van der Waals surface area contributed by atoms with Gasteiger partial charge in [-0.2, -0.15) is 0 Å². The van der Waals surface area contributed by atoms with Gasteiger partial charge in [0.05, 0.1) is 0 Å². The molecule has 2 aromatic rings. The monoisotopic (exact) mass is 378 g/mol. The second kappa shape index (κ2) is 6.46. The summed E-state index contributed by atoms with van der Waals surface area (Å²) in [4.78, 5) is 0. The van der Waals surface area contributed by atoms with Gasteiger partial charge >= 0.3 is 0 Å². The third-order valence-corrected chi connectivity index (χ3v) is 12.5. The average Bonchev–Trinajstić information content (AvgIpc) is 2.86. The second-order valence-corrected chi connectivity index (χ2v) is 15.4. The van der Waals surface area contributed by atoms with Crippen molar-refractivity contribution in [2.24, 2.45) is 0 Å². The lowest BCUT2D eigenvalue weighted by molar-refractivity contribution is 0.132. The molecule has 0 bridgehead atoms. The van der Waals surface area contributed by atoms with Gasteiger partial charge in [0.15, 0.2) is 0 Å². The lowest BCUT2D eigenvalue weighted by Crippen LogP contribution is -2.55. The fourth-order valence-corrected chi connectivity index (χ4v) is 12.4. The molecule has 0 saturated carbocycles. The highest BCUT2D eigenvalue weighted by Crippen LogP contribution is 2.64. The summed E-state index contributed by atoms with van der Waals surface area (Å²) in [6.07, 6.45) is 0. The Bertz CT molecular complexity index is 823. The van der Waals surface area contributed by atoms with Crippen molar-refractivity contribution in [3.63, 3.8) is 0 Å². The molecular formula is C25H34OSi. The van der Waals surface area contributed by atoms with Crippen molar-refractivity contribution in [2.45, 2.75) is 71.1 Å². The Balaban J connectivity index is 2.39. The minimum absolute atomic E-state index is 0.0852. The summed E-state index contributed by atoms with van der Waals surface area (Å²) < 4.78 is 7.40. The molecular weight excluding hydrogens is 344 g/mol. The molecule has 1 aliphatic heterocycles. The molecule has 0 aliphatic carbocycles. The predicted molar refractivity (Wildman–Crippen MR) is 119 cm³/mol. The Morgan fingerprint density at radius 1 is 0.741 bits per heavy atom. The molecule has 0 aromatic heterocycles. The maximum Gasteiger partial charge on any atom is 0.232 e. The van der Waals surface area contributed by atoms with E-state index in [1.165, 1.54) is 21.9 Å². The molecule has 2 heteroatoms. The van der Waals surface area contributed by atoms with E-state index in [0.29, 0.717) is 0 Å². The van der Waals surface area contributed by atoms with Crippen LogP contribution in [0.25, 0.3) is 5.57 Å². The maximum atomic E-state index is 7.40. The smallest absolute Gasteiger partial charge is 0.232 e. The van der Waals surface area contributed by atoms with E-state index in [1.54, 1.807) is 0 Å². The van der Waals surface area contributed by atoms with Gasteiger partial charge < -0.3 is 4.43 Å². The number of allylic oxidation sites excluding steroid dienone is 1. The molecule has 2 aromatic carbocycles. The van der Waals surface area contributed by atoms with E-state index < -0.39 is 13.9 Å². The minimum Gasteiger partial charge on any atom is -0.398 e. The lowest BCUT2D eigenvalue weighted by atomic mass is 9.84. The highest BCUT2D eigenvalue weighted by Gasteiger charge is 2.64. The zero-order valence-electron chi connectivity index (χ0n) is 18.2. The van der Waals surface area contributed by atoms with Crippen LogP contribution in [-0.2, 0) is 10.0 Å². The summed E-state index contributed by atoms with van der Waals surface area (Å²) in [5.41, 5.74) is 3.46.